The number of carbonyl (C=O) groups is 1. The minimum absolute atomic E-state index is 0.0193. The van der Waals surface area contributed by atoms with Gasteiger partial charge >= 0.3 is 5.69 Å². The van der Waals surface area contributed by atoms with E-state index in [9.17, 15) is 9.59 Å². The Morgan fingerprint density at radius 2 is 2.16 bits per heavy atom. The van der Waals surface area contributed by atoms with Gasteiger partial charge in [0.05, 0.1) is 5.39 Å². The summed E-state index contributed by atoms with van der Waals surface area (Å²) >= 11 is 1.59. The maximum Gasteiger partial charge on any atom is 0.352 e. The fourth-order valence-corrected chi connectivity index (χ4v) is 4.55. The van der Waals surface area contributed by atoms with E-state index >= 15 is 0 Å². The predicted octanol–water partition coefficient (Wildman–Crippen LogP) is 2.12. The quantitative estimate of drug-likeness (QED) is 0.703. The molecule has 3 aromatic heterocycles. The van der Waals surface area contributed by atoms with Gasteiger partial charge in [-0.15, -0.1) is 16.4 Å². The smallest absolute Gasteiger partial charge is 0.338 e. The normalized spacial score (nSPS) is 18.4. The lowest BCUT2D eigenvalue weighted by molar-refractivity contribution is -0.135. The standard InChI is InChI=1S/C17H21N5O2S/c1-10-6-4-5-7-20(10)13(23)8-22-17(24)21-9-18-16-14(15(21)19-22)11(2)12(3)25-16/h9-10H,4-8H2,1-3H3/t10-/m1/s1. The van der Waals surface area contributed by atoms with Crippen molar-refractivity contribution >= 4 is 33.1 Å². The van der Waals surface area contributed by atoms with Crippen LogP contribution in [0.3, 0.4) is 0 Å². The Bertz CT molecular complexity index is 1030. The first kappa shape index (κ1) is 16.3. The van der Waals surface area contributed by atoms with Crippen LogP contribution < -0.4 is 5.69 Å². The van der Waals surface area contributed by atoms with Gasteiger partial charge in [0.15, 0.2) is 5.65 Å². The third-order valence-electron chi connectivity index (χ3n) is 5.16. The average molecular weight is 359 g/mol. The van der Waals surface area contributed by atoms with Crippen molar-refractivity contribution in [3.05, 3.63) is 27.3 Å². The Labute approximate surface area is 148 Å². The van der Waals surface area contributed by atoms with E-state index in [4.69, 9.17) is 0 Å². The number of piperidine rings is 1. The van der Waals surface area contributed by atoms with Crippen LogP contribution in [0.15, 0.2) is 11.1 Å². The van der Waals surface area contributed by atoms with E-state index in [2.05, 4.69) is 17.0 Å². The van der Waals surface area contributed by atoms with Crippen molar-refractivity contribution in [3.63, 3.8) is 0 Å². The van der Waals surface area contributed by atoms with Crippen molar-refractivity contribution in [2.45, 2.75) is 52.6 Å². The van der Waals surface area contributed by atoms with Crippen molar-refractivity contribution in [1.82, 2.24) is 24.1 Å². The van der Waals surface area contributed by atoms with Gasteiger partial charge in [-0.3, -0.25) is 4.79 Å². The van der Waals surface area contributed by atoms with Crippen molar-refractivity contribution < 1.29 is 4.79 Å². The molecule has 1 aliphatic heterocycles. The van der Waals surface area contributed by atoms with Gasteiger partial charge in [0, 0.05) is 17.5 Å². The molecule has 1 aliphatic rings. The summed E-state index contributed by atoms with van der Waals surface area (Å²) < 4.78 is 2.71. The summed E-state index contributed by atoms with van der Waals surface area (Å²) in [4.78, 5) is 33.6. The van der Waals surface area contributed by atoms with Gasteiger partial charge in [0.1, 0.15) is 17.7 Å². The number of likely N-dealkylation sites (tertiary alicyclic amines) is 1. The highest BCUT2D eigenvalue weighted by Crippen LogP contribution is 2.30. The number of amides is 1. The monoisotopic (exact) mass is 359 g/mol. The first-order valence-electron chi connectivity index (χ1n) is 8.60. The summed E-state index contributed by atoms with van der Waals surface area (Å²) in [6, 6.07) is 0.226. The van der Waals surface area contributed by atoms with Crippen molar-refractivity contribution in [3.8, 4) is 0 Å². The molecular formula is C17H21N5O2S. The zero-order valence-corrected chi connectivity index (χ0v) is 15.5. The summed E-state index contributed by atoms with van der Waals surface area (Å²) in [7, 11) is 0. The van der Waals surface area contributed by atoms with Gasteiger partial charge in [0.25, 0.3) is 0 Å². The van der Waals surface area contributed by atoms with Crippen molar-refractivity contribution in [2.24, 2.45) is 0 Å². The van der Waals surface area contributed by atoms with Crippen molar-refractivity contribution in [2.75, 3.05) is 6.54 Å². The van der Waals surface area contributed by atoms with Crippen LogP contribution in [0.5, 0.6) is 0 Å². The minimum Gasteiger partial charge on any atom is -0.338 e. The largest absolute Gasteiger partial charge is 0.352 e. The van der Waals surface area contributed by atoms with E-state index in [-0.39, 0.29) is 24.2 Å². The third kappa shape index (κ3) is 2.55. The number of rotatable bonds is 2. The van der Waals surface area contributed by atoms with Gasteiger partial charge in [-0.1, -0.05) is 0 Å². The molecule has 0 bridgehead atoms. The molecule has 3 aromatic rings. The molecule has 0 N–H and O–H groups in total. The van der Waals surface area contributed by atoms with Gasteiger partial charge in [-0.25, -0.2) is 18.9 Å². The van der Waals surface area contributed by atoms with Gasteiger partial charge in [0.2, 0.25) is 5.91 Å². The molecule has 0 radical (unpaired) electrons. The second kappa shape index (κ2) is 5.94. The van der Waals surface area contributed by atoms with Crippen LogP contribution >= 0.6 is 11.3 Å². The number of nitrogens with zero attached hydrogens (tertiary/aromatic N) is 5. The molecule has 1 saturated heterocycles. The Morgan fingerprint density at radius 3 is 2.92 bits per heavy atom. The Hall–Kier alpha value is -2.22. The number of hydrogen-bond acceptors (Lipinski definition) is 5. The second-order valence-corrected chi connectivity index (χ2v) is 7.98. The Kier molecular flexibility index (Phi) is 3.87. The third-order valence-corrected chi connectivity index (χ3v) is 6.27. The van der Waals surface area contributed by atoms with E-state index in [0.29, 0.717) is 5.65 Å². The Balaban J connectivity index is 1.75. The zero-order valence-electron chi connectivity index (χ0n) is 14.7. The van der Waals surface area contributed by atoms with E-state index in [1.165, 1.54) is 15.4 Å². The summed E-state index contributed by atoms with van der Waals surface area (Å²) in [6.45, 7) is 6.86. The highest BCUT2D eigenvalue weighted by Gasteiger charge is 2.25. The average Bonchev–Trinajstić information content (AvgIpc) is 3.05. The molecule has 1 amide bonds. The maximum absolute atomic E-state index is 12.6. The second-order valence-electron chi connectivity index (χ2n) is 6.77. The fourth-order valence-electron chi connectivity index (χ4n) is 3.56. The highest BCUT2D eigenvalue weighted by molar-refractivity contribution is 7.18. The van der Waals surface area contributed by atoms with Crippen molar-refractivity contribution in [1.29, 1.82) is 0 Å². The number of hydrogen-bond donors (Lipinski definition) is 0. The maximum atomic E-state index is 12.6. The zero-order chi connectivity index (χ0) is 17.7. The van der Waals surface area contributed by atoms with Gasteiger partial charge in [-0.2, -0.15) is 0 Å². The van der Waals surface area contributed by atoms with Gasteiger partial charge in [-0.05, 0) is 45.6 Å². The number of aromatic nitrogens is 4. The molecule has 0 aromatic carbocycles. The summed E-state index contributed by atoms with van der Waals surface area (Å²) in [5.74, 6) is -0.0415. The van der Waals surface area contributed by atoms with E-state index in [1.807, 2.05) is 18.7 Å². The van der Waals surface area contributed by atoms with Gasteiger partial charge < -0.3 is 4.90 Å². The molecule has 8 heteroatoms. The molecule has 7 nitrogen and oxygen atoms in total. The molecule has 4 heterocycles. The van der Waals surface area contributed by atoms with E-state index in [1.54, 1.807) is 11.3 Å². The molecule has 132 valence electrons. The molecule has 4 rings (SSSR count). The van der Waals surface area contributed by atoms with Crippen LogP contribution in [0.2, 0.25) is 0 Å². The molecule has 0 saturated carbocycles. The summed E-state index contributed by atoms with van der Waals surface area (Å²) in [5, 5.41) is 5.36. The molecular weight excluding hydrogens is 338 g/mol. The fraction of sp³-hybridized carbons (Fsp3) is 0.529. The van der Waals surface area contributed by atoms with Crippen LogP contribution in [0.25, 0.3) is 15.9 Å². The number of thiophene rings is 1. The topological polar surface area (TPSA) is 72.5 Å². The van der Waals surface area contributed by atoms with Crippen LogP contribution in [-0.2, 0) is 11.3 Å². The molecule has 1 fully saturated rings. The summed E-state index contributed by atoms with van der Waals surface area (Å²) in [5.41, 5.74) is 1.35. The molecule has 0 aliphatic carbocycles. The molecule has 1 atom stereocenters. The number of carbonyl (C=O) groups excluding carboxylic acids is 1. The number of aryl methyl sites for hydroxylation is 2. The van der Waals surface area contributed by atoms with Crippen LogP contribution in [-0.4, -0.2) is 42.6 Å². The van der Waals surface area contributed by atoms with Crippen LogP contribution in [0.1, 0.15) is 36.6 Å². The SMILES string of the molecule is Cc1sc2ncn3c(=O)n(CC(=O)N4CCCC[C@H]4C)nc3c2c1C. The molecule has 25 heavy (non-hydrogen) atoms. The first-order chi connectivity index (χ1) is 12.0. The van der Waals surface area contributed by atoms with Crippen LogP contribution in [0, 0.1) is 13.8 Å². The number of fused-ring (bicyclic) bond motifs is 3. The van der Waals surface area contributed by atoms with E-state index < -0.39 is 0 Å². The minimum atomic E-state index is -0.314. The summed E-state index contributed by atoms with van der Waals surface area (Å²) in [6.07, 6.45) is 4.70. The van der Waals surface area contributed by atoms with Crippen LogP contribution in [0.4, 0.5) is 0 Å². The molecule has 0 unspecified atom stereocenters. The highest BCUT2D eigenvalue weighted by atomic mass is 32.1. The first-order valence-corrected chi connectivity index (χ1v) is 9.42. The lowest BCUT2D eigenvalue weighted by Gasteiger charge is -2.33. The Morgan fingerprint density at radius 1 is 1.36 bits per heavy atom. The lowest BCUT2D eigenvalue weighted by Crippen LogP contribution is -2.44. The predicted molar refractivity (Wildman–Crippen MR) is 97.1 cm³/mol. The molecule has 0 spiro atoms. The van der Waals surface area contributed by atoms with E-state index in [0.717, 1.165) is 46.5 Å². The lowest BCUT2D eigenvalue weighted by atomic mass is 10.0.